The van der Waals surface area contributed by atoms with E-state index in [0.717, 1.165) is 28.6 Å². The molecule has 0 aromatic heterocycles. The predicted molar refractivity (Wildman–Crippen MR) is 131 cm³/mol. The first-order chi connectivity index (χ1) is 16.7. The first-order valence-corrected chi connectivity index (χ1v) is 13.3. The van der Waals surface area contributed by atoms with Gasteiger partial charge in [0.2, 0.25) is 10.0 Å². The van der Waals surface area contributed by atoms with Crippen LogP contribution in [0.4, 0.5) is 5.69 Å². The highest BCUT2D eigenvalue weighted by Gasteiger charge is 2.42. The fraction of sp³-hybridized carbons (Fsp3) is 0.440. The van der Waals surface area contributed by atoms with Crippen molar-refractivity contribution < 1.29 is 27.9 Å². The number of anilines is 1. The Morgan fingerprint density at radius 2 is 1.71 bits per heavy atom. The van der Waals surface area contributed by atoms with Crippen LogP contribution in [-0.2, 0) is 19.6 Å². The van der Waals surface area contributed by atoms with E-state index in [0.29, 0.717) is 6.42 Å². The minimum atomic E-state index is -4.06. The molecule has 4 rings (SSSR count). The Labute approximate surface area is 205 Å². The molecule has 2 aliphatic heterocycles. The van der Waals surface area contributed by atoms with Crippen LogP contribution in [0, 0.1) is 0 Å². The van der Waals surface area contributed by atoms with E-state index >= 15 is 0 Å². The normalized spacial score (nSPS) is 21.7. The zero-order valence-corrected chi connectivity index (χ0v) is 20.5. The van der Waals surface area contributed by atoms with E-state index in [9.17, 15) is 23.1 Å². The number of ether oxygens (including phenoxy) is 1. The summed E-state index contributed by atoms with van der Waals surface area (Å²) in [6.45, 7) is 3.94. The molecule has 0 radical (unpaired) electrons. The Kier molecular flexibility index (Phi) is 7.44. The second kappa shape index (κ2) is 10.3. The van der Waals surface area contributed by atoms with Gasteiger partial charge in [-0.25, -0.2) is 8.42 Å². The van der Waals surface area contributed by atoms with E-state index < -0.39 is 40.0 Å². The molecule has 2 aromatic rings. The molecular formula is C25H31N3O6S. The van der Waals surface area contributed by atoms with Crippen LogP contribution >= 0.6 is 0 Å². The molecule has 2 heterocycles. The lowest BCUT2D eigenvalue weighted by atomic mass is 9.96. The molecule has 3 N–H and O–H groups in total. The number of carboxylic acids is 1. The van der Waals surface area contributed by atoms with Gasteiger partial charge in [0.25, 0.3) is 0 Å². The number of nitrogens with two attached hydrogens (primary N) is 1. The number of sulfonamides is 1. The molecule has 0 spiro atoms. The number of carboxylic acid groups (broad SMARTS) is 1. The van der Waals surface area contributed by atoms with Gasteiger partial charge in [0, 0.05) is 31.4 Å². The van der Waals surface area contributed by atoms with Crippen LogP contribution in [0.1, 0.15) is 44.1 Å². The minimum Gasteiger partial charge on any atom is -0.480 e. The fourth-order valence-corrected chi connectivity index (χ4v) is 6.41. The molecule has 0 saturated carbocycles. The number of aliphatic carboxylic acids is 1. The van der Waals surface area contributed by atoms with Crippen molar-refractivity contribution in [2.75, 3.05) is 24.5 Å². The zero-order chi connectivity index (χ0) is 25.2. The highest BCUT2D eigenvalue weighted by Crippen LogP contribution is 2.29. The Morgan fingerprint density at radius 3 is 2.29 bits per heavy atom. The van der Waals surface area contributed by atoms with E-state index in [1.807, 2.05) is 31.2 Å². The summed E-state index contributed by atoms with van der Waals surface area (Å²) in [5, 5.41) is 9.37. The highest BCUT2D eigenvalue weighted by atomic mass is 32.2. The molecule has 2 aromatic carbocycles. The van der Waals surface area contributed by atoms with Crippen LogP contribution in [-0.4, -0.2) is 61.5 Å². The van der Waals surface area contributed by atoms with Crippen LogP contribution in [0.15, 0.2) is 53.4 Å². The zero-order valence-electron chi connectivity index (χ0n) is 19.7. The maximum atomic E-state index is 13.0. The molecule has 35 heavy (non-hydrogen) atoms. The molecular weight excluding hydrogens is 470 g/mol. The van der Waals surface area contributed by atoms with Gasteiger partial charge in [-0.15, -0.1) is 0 Å². The summed E-state index contributed by atoms with van der Waals surface area (Å²) in [5.41, 5.74) is 7.82. The van der Waals surface area contributed by atoms with Crippen molar-refractivity contribution in [2.24, 2.45) is 5.73 Å². The minimum absolute atomic E-state index is 0.0572. The number of hydrogen-bond acceptors (Lipinski definition) is 7. The summed E-state index contributed by atoms with van der Waals surface area (Å²) in [4.78, 5) is 26.6. The highest BCUT2D eigenvalue weighted by molar-refractivity contribution is 7.89. The van der Waals surface area contributed by atoms with Gasteiger partial charge >= 0.3 is 11.9 Å². The van der Waals surface area contributed by atoms with Crippen LogP contribution < -0.4 is 15.4 Å². The van der Waals surface area contributed by atoms with Gasteiger partial charge in [-0.05, 0) is 67.6 Å². The third-order valence-electron chi connectivity index (χ3n) is 6.68. The fourth-order valence-electron chi connectivity index (χ4n) is 4.76. The van der Waals surface area contributed by atoms with E-state index in [2.05, 4.69) is 4.90 Å². The van der Waals surface area contributed by atoms with E-state index in [1.54, 1.807) is 0 Å². The Hall–Kier alpha value is -2.95. The van der Waals surface area contributed by atoms with Gasteiger partial charge in [0.1, 0.15) is 11.8 Å². The molecule has 188 valence electrons. The number of hydrogen-bond donors (Lipinski definition) is 2. The molecule has 9 nitrogen and oxygen atoms in total. The molecule has 0 bridgehead atoms. The second-order valence-electron chi connectivity index (χ2n) is 9.06. The maximum absolute atomic E-state index is 13.0. The van der Waals surface area contributed by atoms with Crippen LogP contribution in [0.25, 0.3) is 0 Å². The Balaban J connectivity index is 1.44. The van der Waals surface area contributed by atoms with Gasteiger partial charge < -0.3 is 20.5 Å². The predicted octanol–water partition coefficient (Wildman–Crippen LogP) is 2.56. The van der Waals surface area contributed by atoms with Crippen molar-refractivity contribution in [1.82, 2.24) is 4.31 Å². The lowest BCUT2D eigenvalue weighted by Crippen LogP contribution is -2.40. The summed E-state index contributed by atoms with van der Waals surface area (Å²) in [7, 11) is -4.06. The standard InChI is InChI=1S/C25H31N3O6S/c1-2-22(17-5-7-19(8-6-17)27-13-3-4-14-27)25(31)34-20-9-11-21(12-10-20)35(32,33)28-16-18(26)15-23(28)24(29)30/h5-12,18,22-23H,2-4,13-16,26H2,1H3,(H,29,30)/t18-,22?,23+/m1/s1. The summed E-state index contributed by atoms with van der Waals surface area (Å²) < 4.78 is 32.4. The van der Waals surface area contributed by atoms with Gasteiger partial charge in [-0.1, -0.05) is 19.1 Å². The van der Waals surface area contributed by atoms with Crippen LogP contribution in [0.3, 0.4) is 0 Å². The molecule has 2 aliphatic rings. The lowest BCUT2D eigenvalue weighted by Gasteiger charge is -2.21. The third-order valence-corrected chi connectivity index (χ3v) is 8.57. The van der Waals surface area contributed by atoms with Gasteiger partial charge in [0.05, 0.1) is 10.8 Å². The SMILES string of the molecule is CCC(C(=O)Oc1ccc(S(=O)(=O)N2C[C@H](N)C[C@H]2C(=O)O)cc1)c1ccc(N2CCCC2)cc1. The molecule has 2 fully saturated rings. The van der Waals surface area contributed by atoms with Crippen LogP contribution in [0.2, 0.25) is 0 Å². The van der Waals surface area contributed by atoms with Crippen molar-refractivity contribution in [2.45, 2.75) is 55.5 Å². The summed E-state index contributed by atoms with van der Waals surface area (Å²) >= 11 is 0. The Morgan fingerprint density at radius 1 is 1.09 bits per heavy atom. The monoisotopic (exact) mass is 501 g/mol. The van der Waals surface area contributed by atoms with E-state index in [4.69, 9.17) is 10.5 Å². The molecule has 3 atom stereocenters. The smallest absolute Gasteiger partial charge is 0.322 e. The topological polar surface area (TPSA) is 130 Å². The average Bonchev–Trinajstić information content (AvgIpc) is 3.51. The molecule has 1 unspecified atom stereocenters. The van der Waals surface area contributed by atoms with Crippen molar-refractivity contribution in [3.05, 3.63) is 54.1 Å². The lowest BCUT2D eigenvalue weighted by molar-refractivity contribution is -0.140. The number of carbonyl (C=O) groups is 2. The van der Waals surface area contributed by atoms with Crippen LogP contribution in [0.5, 0.6) is 5.75 Å². The second-order valence-corrected chi connectivity index (χ2v) is 11.0. The largest absolute Gasteiger partial charge is 0.480 e. The maximum Gasteiger partial charge on any atom is 0.322 e. The molecule has 2 saturated heterocycles. The van der Waals surface area contributed by atoms with E-state index in [1.165, 1.54) is 37.1 Å². The molecule has 10 heteroatoms. The number of benzene rings is 2. The Bertz CT molecular complexity index is 1160. The first kappa shape index (κ1) is 25.2. The number of rotatable bonds is 8. The van der Waals surface area contributed by atoms with Crippen molar-refractivity contribution in [1.29, 1.82) is 0 Å². The number of nitrogens with zero attached hydrogens (tertiary/aromatic N) is 2. The first-order valence-electron chi connectivity index (χ1n) is 11.9. The number of esters is 1. The molecule has 0 aliphatic carbocycles. The quantitative estimate of drug-likeness (QED) is 0.417. The summed E-state index contributed by atoms with van der Waals surface area (Å²) in [6, 6.07) is 11.7. The van der Waals surface area contributed by atoms with Crippen molar-refractivity contribution >= 4 is 27.6 Å². The van der Waals surface area contributed by atoms with E-state index in [-0.39, 0.29) is 23.6 Å². The van der Waals surface area contributed by atoms with Gasteiger partial charge in [-0.3, -0.25) is 9.59 Å². The summed E-state index contributed by atoms with van der Waals surface area (Å²) in [6.07, 6.45) is 3.00. The third kappa shape index (κ3) is 5.34. The van der Waals surface area contributed by atoms with Crippen molar-refractivity contribution in [3.63, 3.8) is 0 Å². The number of carbonyl (C=O) groups excluding carboxylic acids is 1. The van der Waals surface area contributed by atoms with Gasteiger partial charge in [-0.2, -0.15) is 4.31 Å². The van der Waals surface area contributed by atoms with Gasteiger partial charge in [0.15, 0.2) is 0 Å². The summed E-state index contributed by atoms with van der Waals surface area (Å²) in [5.74, 6) is -1.89. The van der Waals surface area contributed by atoms with Crippen molar-refractivity contribution in [3.8, 4) is 5.75 Å². The molecule has 0 amide bonds. The average molecular weight is 502 g/mol.